The van der Waals surface area contributed by atoms with E-state index in [1.165, 1.54) is 75.5 Å². The second-order valence-corrected chi connectivity index (χ2v) is 17.1. The molecule has 1 aliphatic carbocycles. The van der Waals surface area contributed by atoms with E-state index in [-0.39, 0.29) is 0 Å². The fraction of sp³-hybridized carbons (Fsp3) is 0.0345. The number of rotatable bonds is 7. The number of aliphatic imine (C=N–C) groups is 2. The predicted octanol–water partition coefficient (Wildman–Crippen LogP) is 14.7. The van der Waals surface area contributed by atoms with Crippen LogP contribution in [0.3, 0.4) is 0 Å². The first-order chi connectivity index (χ1) is 30.8. The van der Waals surface area contributed by atoms with E-state index in [0.29, 0.717) is 12.5 Å². The number of fused-ring (bicyclic) bond motifs is 9. The molecule has 0 fully saturated rings. The van der Waals surface area contributed by atoms with Crippen LogP contribution in [0.15, 0.2) is 228 Å². The molecule has 9 aromatic carbocycles. The lowest BCUT2D eigenvalue weighted by molar-refractivity contribution is 0.763. The Morgan fingerprint density at radius 3 is 1.85 bits per heavy atom. The van der Waals surface area contributed by atoms with Gasteiger partial charge < -0.3 is 4.57 Å². The lowest BCUT2D eigenvalue weighted by atomic mass is 9.67. The van der Waals surface area contributed by atoms with Crippen LogP contribution in [-0.2, 0) is 12.1 Å². The lowest BCUT2D eigenvalue weighted by Gasteiger charge is -2.34. The number of thiophene rings is 1. The highest BCUT2D eigenvalue weighted by atomic mass is 32.1. The number of hydrogen-bond donors (Lipinski definition) is 0. The van der Waals surface area contributed by atoms with Gasteiger partial charge in [0.15, 0.2) is 5.84 Å². The van der Waals surface area contributed by atoms with Crippen LogP contribution >= 0.6 is 11.3 Å². The van der Waals surface area contributed by atoms with Crippen molar-refractivity contribution in [2.45, 2.75) is 12.1 Å². The second-order valence-electron chi connectivity index (χ2n) is 16.0. The summed E-state index contributed by atoms with van der Waals surface area (Å²) in [5, 5.41) is 4.88. The molecule has 0 unspecified atom stereocenters. The van der Waals surface area contributed by atoms with E-state index >= 15 is 0 Å². The van der Waals surface area contributed by atoms with Crippen LogP contribution in [0.25, 0.3) is 64.2 Å². The second kappa shape index (κ2) is 14.8. The molecule has 0 saturated heterocycles. The Morgan fingerprint density at radius 2 is 1.10 bits per heavy atom. The van der Waals surface area contributed by atoms with E-state index in [9.17, 15) is 0 Å². The van der Waals surface area contributed by atoms with Crippen LogP contribution in [0.5, 0.6) is 0 Å². The van der Waals surface area contributed by atoms with Crippen LogP contribution < -0.4 is 0 Å². The molecule has 292 valence electrons. The standard InChI is InChI=1S/C58H39N3S/c1-4-17-39(18-5-1)37-59-57(50-27-16-26-49-48-25-12-15-30-55(48)62-56(49)50)60-38-61-53-35-41(40-19-6-2-7-20-40)31-33-46(53)47-34-32-43(36-54(47)61)58(42-21-8-3-9-22-42)51-28-13-10-23-44(51)45-24-11-14-29-52(45)58/h1-37H,38H2/b59-37+,60-57-. The molecule has 0 amide bonds. The zero-order chi connectivity index (χ0) is 41.0. The molecule has 1 aliphatic rings. The van der Waals surface area contributed by atoms with Crippen LogP contribution in [0.1, 0.15) is 33.4 Å². The Hall–Kier alpha value is -7.66. The zero-order valence-electron chi connectivity index (χ0n) is 33.8. The van der Waals surface area contributed by atoms with Gasteiger partial charge in [-0.2, -0.15) is 0 Å². The van der Waals surface area contributed by atoms with Crippen molar-refractivity contribution in [3.05, 3.63) is 252 Å². The molecule has 0 aliphatic heterocycles. The molecule has 0 bridgehead atoms. The summed E-state index contributed by atoms with van der Waals surface area (Å²) in [7, 11) is 0. The van der Waals surface area contributed by atoms with Crippen molar-refractivity contribution in [3.63, 3.8) is 0 Å². The summed E-state index contributed by atoms with van der Waals surface area (Å²) in [4.78, 5) is 10.7. The van der Waals surface area contributed by atoms with Crippen molar-refractivity contribution in [2.24, 2.45) is 9.98 Å². The van der Waals surface area contributed by atoms with Gasteiger partial charge in [-0.15, -0.1) is 11.3 Å². The molecule has 0 N–H and O–H groups in total. The fourth-order valence-electron chi connectivity index (χ4n) is 9.93. The average molecular weight is 810 g/mol. The number of aromatic nitrogens is 1. The van der Waals surface area contributed by atoms with Gasteiger partial charge in [0.1, 0.15) is 6.67 Å². The summed E-state index contributed by atoms with van der Waals surface area (Å²) >= 11 is 1.81. The SMILES string of the molecule is C(=N\C(=N/Cn1c2cc(-c3ccccc3)ccc2c2ccc(C3(c4ccccc4)c4ccccc4-c4ccccc43)cc21)c1cccc2c1sc1ccccc12)/c1ccccc1. The first-order valence-corrected chi connectivity index (χ1v) is 22.0. The fourth-order valence-corrected chi connectivity index (χ4v) is 11.1. The van der Waals surface area contributed by atoms with E-state index in [0.717, 1.165) is 22.2 Å². The van der Waals surface area contributed by atoms with Crippen molar-refractivity contribution >= 4 is 65.4 Å². The summed E-state index contributed by atoms with van der Waals surface area (Å²) in [6.45, 7) is 0.371. The van der Waals surface area contributed by atoms with Gasteiger partial charge in [-0.25, -0.2) is 9.98 Å². The summed E-state index contributed by atoms with van der Waals surface area (Å²) in [5.74, 6) is 0.704. The van der Waals surface area contributed by atoms with Gasteiger partial charge in [0.25, 0.3) is 0 Å². The van der Waals surface area contributed by atoms with E-state index in [1.807, 2.05) is 35.8 Å². The van der Waals surface area contributed by atoms with Crippen LogP contribution in [-0.4, -0.2) is 16.6 Å². The normalized spacial score (nSPS) is 13.4. The minimum Gasteiger partial charge on any atom is -0.320 e. The first kappa shape index (κ1) is 36.2. The molecular formula is C58H39N3S. The van der Waals surface area contributed by atoms with E-state index in [4.69, 9.17) is 9.98 Å². The maximum Gasteiger partial charge on any atom is 0.157 e. The molecule has 11 aromatic rings. The highest BCUT2D eigenvalue weighted by Gasteiger charge is 2.46. The van der Waals surface area contributed by atoms with Crippen molar-refractivity contribution in [2.75, 3.05) is 0 Å². The van der Waals surface area contributed by atoms with Crippen molar-refractivity contribution in [3.8, 4) is 22.3 Å². The molecular weight excluding hydrogens is 771 g/mol. The quantitative estimate of drug-likeness (QED) is 0.113. The van der Waals surface area contributed by atoms with E-state index in [2.05, 4.69) is 205 Å². The van der Waals surface area contributed by atoms with Gasteiger partial charge in [-0.1, -0.05) is 194 Å². The van der Waals surface area contributed by atoms with Gasteiger partial charge in [-0.3, -0.25) is 0 Å². The maximum atomic E-state index is 5.54. The topological polar surface area (TPSA) is 29.6 Å². The van der Waals surface area contributed by atoms with E-state index in [1.54, 1.807) is 0 Å². The Morgan fingerprint density at radius 1 is 0.484 bits per heavy atom. The first-order valence-electron chi connectivity index (χ1n) is 21.2. The Labute approximate surface area is 364 Å². The van der Waals surface area contributed by atoms with E-state index < -0.39 is 5.41 Å². The molecule has 2 aromatic heterocycles. The molecule has 0 atom stereocenters. The smallest absolute Gasteiger partial charge is 0.157 e. The third-order valence-corrected chi connectivity index (χ3v) is 13.9. The Kier molecular flexibility index (Phi) is 8.65. The zero-order valence-corrected chi connectivity index (χ0v) is 34.6. The summed E-state index contributed by atoms with van der Waals surface area (Å²) in [6.07, 6.45) is 1.95. The molecule has 0 radical (unpaired) electrons. The van der Waals surface area contributed by atoms with Crippen LogP contribution in [0.4, 0.5) is 0 Å². The molecule has 62 heavy (non-hydrogen) atoms. The minimum absolute atomic E-state index is 0.371. The minimum atomic E-state index is -0.523. The molecule has 0 spiro atoms. The maximum absolute atomic E-state index is 5.54. The molecule has 2 heterocycles. The molecule has 3 nitrogen and oxygen atoms in total. The predicted molar refractivity (Wildman–Crippen MR) is 262 cm³/mol. The summed E-state index contributed by atoms with van der Waals surface area (Å²) < 4.78 is 4.86. The van der Waals surface area contributed by atoms with Crippen molar-refractivity contribution in [1.29, 1.82) is 0 Å². The highest BCUT2D eigenvalue weighted by Crippen LogP contribution is 2.56. The average Bonchev–Trinajstić information content (AvgIpc) is 3.98. The Bertz CT molecular complexity index is 3500. The van der Waals surface area contributed by atoms with Gasteiger partial charge in [-0.05, 0) is 74.3 Å². The third-order valence-electron chi connectivity index (χ3n) is 12.7. The third kappa shape index (κ3) is 5.72. The highest BCUT2D eigenvalue weighted by molar-refractivity contribution is 7.26. The number of hydrogen-bond acceptors (Lipinski definition) is 2. The van der Waals surface area contributed by atoms with Crippen molar-refractivity contribution in [1.82, 2.24) is 4.57 Å². The largest absolute Gasteiger partial charge is 0.320 e. The lowest BCUT2D eigenvalue weighted by Crippen LogP contribution is -2.28. The molecule has 12 rings (SSSR count). The molecule has 0 saturated carbocycles. The van der Waals surface area contributed by atoms with Gasteiger partial charge in [0, 0.05) is 42.7 Å². The number of nitrogens with zero attached hydrogens (tertiary/aromatic N) is 3. The van der Waals surface area contributed by atoms with Gasteiger partial charge in [0.2, 0.25) is 0 Å². The summed E-state index contributed by atoms with van der Waals surface area (Å²) in [5.41, 5.74) is 13.8. The Balaban J connectivity index is 1.12. The van der Waals surface area contributed by atoms with Crippen molar-refractivity contribution < 1.29 is 0 Å². The van der Waals surface area contributed by atoms with Crippen LogP contribution in [0.2, 0.25) is 0 Å². The molecule has 4 heteroatoms. The number of benzene rings is 9. The monoisotopic (exact) mass is 809 g/mol. The van der Waals surface area contributed by atoms with Crippen LogP contribution in [0, 0.1) is 0 Å². The summed E-state index contributed by atoms with van der Waals surface area (Å²) in [6, 6.07) is 79.2. The van der Waals surface area contributed by atoms with Gasteiger partial charge in [0.05, 0.1) is 16.4 Å². The van der Waals surface area contributed by atoms with Gasteiger partial charge >= 0.3 is 0 Å². The number of amidine groups is 1.